The zero-order valence-corrected chi connectivity index (χ0v) is 8.70. The Balaban J connectivity index is 2.30. The van der Waals surface area contributed by atoms with Crippen molar-refractivity contribution in [3.05, 3.63) is 29.3 Å². The number of hydrogen-bond acceptors (Lipinski definition) is 3. The number of anilines is 1. The Hall–Kier alpha value is -1.22. The summed E-state index contributed by atoms with van der Waals surface area (Å²) in [6.07, 6.45) is 0. The summed E-state index contributed by atoms with van der Waals surface area (Å²) in [5.74, 6) is 0.583. The van der Waals surface area contributed by atoms with Crippen LogP contribution in [-0.2, 0) is 0 Å². The van der Waals surface area contributed by atoms with Crippen LogP contribution in [0.3, 0.4) is 0 Å². The minimum Gasteiger partial charge on any atom is -0.370 e. The van der Waals surface area contributed by atoms with E-state index in [2.05, 4.69) is 11.9 Å². The molecule has 0 spiro atoms. The van der Waals surface area contributed by atoms with Crippen LogP contribution in [-0.4, -0.2) is 18.5 Å². The molecular formula is C10H12ClN3. The van der Waals surface area contributed by atoms with Gasteiger partial charge in [-0.3, -0.25) is 4.99 Å². The first kappa shape index (κ1) is 9.34. The maximum atomic E-state index is 5.81. The van der Waals surface area contributed by atoms with Crippen LogP contribution < -0.4 is 10.6 Å². The van der Waals surface area contributed by atoms with Gasteiger partial charge in [0.25, 0.3) is 0 Å². The van der Waals surface area contributed by atoms with Gasteiger partial charge in [0.15, 0.2) is 5.96 Å². The summed E-state index contributed by atoms with van der Waals surface area (Å²) in [4.78, 5) is 6.20. The van der Waals surface area contributed by atoms with Crippen molar-refractivity contribution in [3.8, 4) is 0 Å². The Labute approximate surface area is 88.2 Å². The van der Waals surface area contributed by atoms with Crippen molar-refractivity contribution < 1.29 is 0 Å². The second-order valence-corrected chi connectivity index (χ2v) is 3.83. The molecule has 14 heavy (non-hydrogen) atoms. The third-order valence-electron chi connectivity index (χ3n) is 2.31. The van der Waals surface area contributed by atoms with E-state index in [1.165, 1.54) is 0 Å². The number of hydrogen-bond donors (Lipinski definition) is 1. The van der Waals surface area contributed by atoms with Crippen LogP contribution in [0.25, 0.3) is 0 Å². The summed E-state index contributed by atoms with van der Waals surface area (Å²) in [5, 5.41) is 0.733. The zero-order valence-electron chi connectivity index (χ0n) is 7.94. The van der Waals surface area contributed by atoms with Crippen LogP contribution in [0, 0.1) is 0 Å². The van der Waals surface area contributed by atoms with E-state index in [9.17, 15) is 0 Å². The minimum absolute atomic E-state index is 0.330. The van der Waals surface area contributed by atoms with E-state index in [0.717, 1.165) is 17.3 Å². The molecule has 0 aliphatic carbocycles. The van der Waals surface area contributed by atoms with Crippen LogP contribution in [0.5, 0.6) is 0 Å². The molecule has 0 radical (unpaired) electrons. The predicted molar refractivity (Wildman–Crippen MR) is 59.9 cm³/mol. The van der Waals surface area contributed by atoms with E-state index < -0.39 is 0 Å². The van der Waals surface area contributed by atoms with Gasteiger partial charge < -0.3 is 10.6 Å². The summed E-state index contributed by atoms with van der Waals surface area (Å²) in [6, 6.07) is 7.94. The number of benzene rings is 1. The minimum atomic E-state index is 0.330. The molecule has 1 aromatic rings. The lowest BCUT2D eigenvalue weighted by Gasteiger charge is -2.23. The molecular weight excluding hydrogens is 198 g/mol. The number of aliphatic imine (C=N–C) groups is 1. The molecule has 0 saturated heterocycles. The average molecular weight is 210 g/mol. The van der Waals surface area contributed by atoms with Gasteiger partial charge in [-0.1, -0.05) is 11.6 Å². The Morgan fingerprint density at radius 1 is 1.43 bits per heavy atom. The largest absolute Gasteiger partial charge is 0.370 e. The van der Waals surface area contributed by atoms with E-state index in [-0.39, 0.29) is 0 Å². The van der Waals surface area contributed by atoms with Gasteiger partial charge in [-0.05, 0) is 31.2 Å². The van der Waals surface area contributed by atoms with Crippen molar-refractivity contribution in [1.82, 2.24) is 0 Å². The molecule has 3 nitrogen and oxygen atoms in total. The first-order valence-electron chi connectivity index (χ1n) is 4.53. The topological polar surface area (TPSA) is 41.6 Å². The van der Waals surface area contributed by atoms with Crippen molar-refractivity contribution in [3.63, 3.8) is 0 Å². The Bertz CT molecular complexity index is 358. The molecule has 0 aromatic heterocycles. The fourth-order valence-corrected chi connectivity index (χ4v) is 1.72. The van der Waals surface area contributed by atoms with Gasteiger partial charge in [-0.2, -0.15) is 0 Å². The number of rotatable bonds is 1. The highest BCUT2D eigenvalue weighted by Gasteiger charge is 2.22. The lowest BCUT2D eigenvalue weighted by Crippen LogP contribution is -2.39. The molecule has 0 bridgehead atoms. The predicted octanol–water partition coefficient (Wildman–Crippen LogP) is 1.86. The van der Waals surface area contributed by atoms with Gasteiger partial charge in [0.1, 0.15) is 0 Å². The number of nitrogens with two attached hydrogens (primary N) is 1. The number of guanidine groups is 1. The molecule has 2 rings (SSSR count). The van der Waals surface area contributed by atoms with Crippen LogP contribution in [0.4, 0.5) is 5.69 Å². The first-order chi connectivity index (χ1) is 6.68. The number of halogens is 1. The average Bonchev–Trinajstić information content (AvgIpc) is 2.49. The first-order valence-corrected chi connectivity index (χ1v) is 4.91. The zero-order chi connectivity index (χ0) is 10.1. The van der Waals surface area contributed by atoms with Crippen LogP contribution in [0.2, 0.25) is 5.02 Å². The molecule has 4 heteroatoms. The summed E-state index contributed by atoms with van der Waals surface area (Å²) in [6.45, 7) is 2.85. The maximum Gasteiger partial charge on any atom is 0.196 e. The van der Waals surface area contributed by atoms with Gasteiger partial charge >= 0.3 is 0 Å². The highest BCUT2D eigenvalue weighted by molar-refractivity contribution is 6.30. The van der Waals surface area contributed by atoms with Crippen molar-refractivity contribution in [1.29, 1.82) is 0 Å². The number of nitrogens with zero attached hydrogens (tertiary/aromatic N) is 2. The summed E-state index contributed by atoms with van der Waals surface area (Å²) in [5.41, 5.74) is 6.82. The van der Waals surface area contributed by atoms with Gasteiger partial charge in [0.2, 0.25) is 0 Å². The molecule has 0 amide bonds. The molecule has 2 N–H and O–H groups in total. The fraction of sp³-hybridized carbons (Fsp3) is 0.300. The van der Waals surface area contributed by atoms with Crippen molar-refractivity contribution in [2.24, 2.45) is 10.7 Å². The quantitative estimate of drug-likeness (QED) is 0.767. The Kier molecular flexibility index (Phi) is 2.33. The summed E-state index contributed by atoms with van der Waals surface area (Å²) < 4.78 is 0. The van der Waals surface area contributed by atoms with Crippen molar-refractivity contribution in [2.75, 3.05) is 11.4 Å². The fourth-order valence-electron chi connectivity index (χ4n) is 1.60. The molecule has 1 aliphatic rings. The second kappa shape index (κ2) is 3.50. The molecule has 1 heterocycles. The van der Waals surface area contributed by atoms with Crippen LogP contribution >= 0.6 is 11.6 Å². The Morgan fingerprint density at radius 2 is 2.07 bits per heavy atom. The molecule has 74 valence electrons. The maximum absolute atomic E-state index is 5.81. The molecule has 0 saturated carbocycles. The van der Waals surface area contributed by atoms with Crippen LogP contribution in [0.1, 0.15) is 6.92 Å². The van der Waals surface area contributed by atoms with E-state index in [1.807, 2.05) is 29.2 Å². The van der Waals surface area contributed by atoms with Gasteiger partial charge in [-0.25, -0.2) is 0 Å². The van der Waals surface area contributed by atoms with Crippen molar-refractivity contribution in [2.45, 2.75) is 13.0 Å². The van der Waals surface area contributed by atoms with E-state index in [1.54, 1.807) is 0 Å². The van der Waals surface area contributed by atoms with Gasteiger partial charge in [-0.15, -0.1) is 0 Å². The highest BCUT2D eigenvalue weighted by Crippen LogP contribution is 2.22. The smallest absolute Gasteiger partial charge is 0.196 e. The van der Waals surface area contributed by atoms with Crippen molar-refractivity contribution >= 4 is 23.2 Å². The van der Waals surface area contributed by atoms with Gasteiger partial charge in [0, 0.05) is 10.7 Å². The summed E-state index contributed by atoms with van der Waals surface area (Å²) >= 11 is 5.81. The summed E-state index contributed by atoms with van der Waals surface area (Å²) in [7, 11) is 0. The lowest BCUT2D eigenvalue weighted by atomic mass is 10.2. The highest BCUT2D eigenvalue weighted by atomic mass is 35.5. The van der Waals surface area contributed by atoms with E-state index in [0.29, 0.717) is 12.0 Å². The van der Waals surface area contributed by atoms with E-state index >= 15 is 0 Å². The molecule has 1 aliphatic heterocycles. The molecule has 0 fully saturated rings. The standard InChI is InChI=1S/C10H12ClN3/c1-7-6-13-10(12)14(7)9-4-2-8(11)3-5-9/h2-5,7H,6H2,1H3,(H2,12,13). The third-order valence-corrected chi connectivity index (χ3v) is 2.56. The monoisotopic (exact) mass is 209 g/mol. The molecule has 1 atom stereocenters. The Morgan fingerprint density at radius 3 is 2.57 bits per heavy atom. The third kappa shape index (κ3) is 1.55. The molecule has 1 aromatic carbocycles. The lowest BCUT2D eigenvalue weighted by molar-refractivity contribution is 0.784. The van der Waals surface area contributed by atoms with Crippen LogP contribution in [0.15, 0.2) is 29.3 Å². The SMILES string of the molecule is CC1CN=C(N)N1c1ccc(Cl)cc1. The normalized spacial score (nSPS) is 21.1. The van der Waals surface area contributed by atoms with E-state index in [4.69, 9.17) is 17.3 Å². The molecule has 1 unspecified atom stereocenters. The van der Waals surface area contributed by atoms with Gasteiger partial charge in [0.05, 0.1) is 12.6 Å². The second-order valence-electron chi connectivity index (χ2n) is 3.39.